The van der Waals surface area contributed by atoms with Crippen LogP contribution < -0.4 is 10.1 Å². The Balaban J connectivity index is 2.33. The Morgan fingerprint density at radius 2 is 2.17 bits per heavy atom. The molecule has 0 aliphatic heterocycles. The lowest BCUT2D eigenvalue weighted by Gasteiger charge is -2.10. The zero-order valence-electron chi connectivity index (χ0n) is 9.51. The van der Waals surface area contributed by atoms with Gasteiger partial charge in [0.2, 0.25) is 0 Å². The minimum Gasteiger partial charge on any atom is -0.495 e. The molecule has 2 rings (SSSR count). The van der Waals surface area contributed by atoms with Crippen LogP contribution in [-0.2, 0) is 0 Å². The van der Waals surface area contributed by atoms with Crippen LogP contribution in [0.15, 0.2) is 35.1 Å². The van der Waals surface area contributed by atoms with Crippen LogP contribution in [-0.4, -0.2) is 17.1 Å². The Kier molecular flexibility index (Phi) is 3.75. The molecule has 2 aromatic rings. The summed E-state index contributed by atoms with van der Waals surface area (Å²) in [6.07, 6.45) is 1.34. The van der Waals surface area contributed by atoms with Gasteiger partial charge in [-0.2, -0.15) is 5.26 Å². The van der Waals surface area contributed by atoms with Gasteiger partial charge in [0.15, 0.2) is 0 Å². The Labute approximate surface area is 113 Å². The van der Waals surface area contributed by atoms with Crippen LogP contribution in [0.2, 0.25) is 0 Å². The van der Waals surface area contributed by atoms with Gasteiger partial charge in [-0.25, -0.2) is 9.97 Å². The molecule has 0 bridgehead atoms. The predicted octanol–water partition coefficient (Wildman–Crippen LogP) is 2.86. The number of hydrogen-bond acceptors (Lipinski definition) is 5. The first-order valence-corrected chi connectivity index (χ1v) is 5.85. The third kappa shape index (κ3) is 2.76. The quantitative estimate of drug-likeness (QED) is 0.944. The second kappa shape index (κ2) is 5.47. The van der Waals surface area contributed by atoms with Crippen molar-refractivity contribution < 1.29 is 4.74 Å². The van der Waals surface area contributed by atoms with E-state index >= 15 is 0 Å². The lowest BCUT2D eigenvalue weighted by molar-refractivity contribution is 0.416. The van der Waals surface area contributed by atoms with E-state index in [2.05, 4.69) is 31.2 Å². The molecule has 0 radical (unpaired) electrons. The van der Waals surface area contributed by atoms with E-state index in [1.54, 1.807) is 13.2 Å². The molecular formula is C12H9BrN4O. The largest absolute Gasteiger partial charge is 0.495 e. The van der Waals surface area contributed by atoms with Gasteiger partial charge in [-0.3, -0.25) is 0 Å². The van der Waals surface area contributed by atoms with Gasteiger partial charge in [0.25, 0.3) is 0 Å². The van der Waals surface area contributed by atoms with Crippen molar-refractivity contribution in [1.82, 2.24) is 9.97 Å². The third-order valence-electron chi connectivity index (χ3n) is 2.21. The van der Waals surface area contributed by atoms with E-state index in [4.69, 9.17) is 10.00 Å². The molecule has 0 saturated heterocycles. The highest BCUT2D eigenvalue weighted by atomic mass is 79.9. The molecule has 0 aliphatic rings. The summed E-state index contributed by atoms with van der Waals surface area (Å²) in [4.78, 5) is 7.85. The summed E-state index contributed by atoms with van der Waals surface area (Å²) in [6.45, 7) is 0. The number of hydrogen-bond donors (Lipinski definition) is 1. The van der Waals surface area contributed by atoms with Crippen molar-refractivity contribution in [2.75, 3.05) is 12.4 Å². The minimum absolute atomic E-state index is 0.307. The molecule has 0 aliphatic carbocycles. The first kappa shape index (κ1) is 12.3. The van der Waals surface area contributed by atoms with E-state index < -0.39 is 0 Å². The average Bonchev–Trinajstić information content (AvgIpc) is 2.39. The molecule has 0 fully saturated rings. The summed E-state index contributed by atoms with van der Waals surface area (Å²) in [7, 11) is 1.59. The second-order valence-electron chi connectivity index (χ2n) is 3.37. The number of rotatable bonds is 3. The lowest BCUT2D eigenvalue weighted by atomic mass is 10.3. The van der Waals surface area contributed by atoms with Gasteiger partial charge in [-0.1, -0.05) is 15.9 Å². The highest BCUT2D eigenvalue weighted by Gasteiger charge is 2.05. The van der Waals surface area contributed by atoms with Crippen molar-refractivity contribution in [2.45, 2.75) is 0 Å². The Morgan fingerprint density at radius 1 is 1.33 bits per heavy atom. The number of ether oxygens (including phenoxy) is 1. The van der Waals surface area contributed by atoms with Crippen LogP contribution in [0.4, 0.5) is 11.5 Å². The summed E-state index contributed by atoms with van der Waals surface area (Å²) in [5.41, 5.74) is 1.07. The standard InChI is InChI=1S/C12H9BrN4O/c1-18-11-3-2-8(13)4-10(11)17-12-5-9(6-14)15-7-16-12/h2-5,7H,1H3,(H,15,16,17). The number of nitrogens with zero attached hydrogens (tertiary/aromatic N) is 3. The van der Waals surface area contributed by atoms with Crippen molar-refractivity contribution in [2.24, 2.45) is 0 Å². The molecule has 0 unspecified atom stereocenters. The topological polar surface area (TPSA) is 70.8 Å². The predicted molar refractivity (Wildman–Crippen MR) is 70.7 cm³/mol. The van der Waals surface area contributed by atoms with Crippen molar-refractivity contribution in [1.29, 1.82) is 5.26 Å². The van der Waals surface area contributed by atoms with Crippen LogP contribution in [0.3, 0.4) is 0 Å². The normalized spacial score (nSPS) is 9.61. The molecule has 0 spiro atoms. The molecule has 0 saturated carbocycles. The summed E-state index contributed by atoms with van der Waals surface area (Å²) >= 11 is 3.39. The highest BCUT2D eigenvalue weighted by Crippen LogP contribution is 2.29. The summed E-state index contributed by atoms with van der Waals surface area (Å²) in [5.74, 6) is 1.23. The van der Waals surface area contributed by atoms with E-state index in [9.17, 15) is 0 Å². The smallest absolute Gasteiger partial charge is 0.145 e. The zero-order valence-corrected chi connectivity index (χ0v) is 11.1. The summed E-state index contributed by atoms with van der Waals surface area (Å²) < 4.78 is 6.15. The maximum Gasteiger partial charge on any atom is 0.145 e. The van der Waals surface area contributed by atoms with Crippen molar-refractivity contribution in [3.63, 3.8) is 0 Å². The van der Waals surface area contributed by atoms with Gasteiger partial charge in [0.05, 0.1) is 12.8 Å². The molecule has 5 nitrogen and oxygen atoms in total. The fourth-order valence-electron chi connectivity index (χ4n) is 1.40. The maximum atomic E-state index is 8.77. The van der Waals surface area contributed by atoms with Crippen molar-refractivity contribution in [3.8, 4) is 11.8 Å². The molecule has 1 N–H and O–H groups in total. The monoisotopic (exact) mass is 304 g/mol. The van der Waals surface area contributed by atoms with Crippen molar-refractivity contribution in [3.05, 3.63) is 40.8 Å². The number of nitrogens with one attached hydrogen (secondary N) is 1. The third-order valence-corrected chi connectivity index (χ3v) is 2.70. The Hall–Kier alpha value is -2.13. The number of nitriles is 1. The second-order valence-corrected chi connectivity index (χ2v) is 4.29. The van der Waals surface area contributed by atoms with E-state index in [0.717, 1.165) is 10.2 Å². The minimum atomic E-state index is 0.307. The number of benzene rings is 1. The Morgan fingerprint density at radius 3 is 2.89 bits per heavy atom. The first-order valence-electron chi connectivity index (χ1n) is 5.05. The van der Waals surface area contributed by atoms with Crippen LogP contribution >= 0.6 is 15.9 Å². The van der Waals surface area contributed by atoms with Gasteiger partial charge in [-0.15, -0.1) is 0 Å². The van der Waals surface area contributed by atoms with Gasteiger partial charge < -0.3 is 10.1 Å². The molecule has 1 aromatic heterocycles. The fourth-order valence-corrected chi connectivity index (χ4v) is 1.76. The molecule has 90 valence electrons. The number of halogens is 1. The molecular weight excluding hydrogens is 296 g/mol. The average molecular weight is 305 g/mol. The molecule has 0 atom stereocenters. The molecule has 18 heavy (non-hydrogen) atoms. The van der Waals surface area contributed by atoms with Gasteiger partial charge in [0.1, 0.15) is 29.7 Å². The van der Waals surface area contributed by atoms with Crippen molar-refractivity contribution >= 4 is 27.4 Å². The van der Waals surface area contributed by atoms with Crippen LogP contribution in [0.5, 0.6) is 5.75 Å². The number of aromatic nitrogens is 2. The zero-order chi connectivity index (χ0) is 13.0. The van der Waals surface area contributed by atoms with E-state index in [0.29, 0.717) is 17.3 Å². The SMILES string of the molecule is COc1ccc(Br)cc1Nc1cc(C#N)ncn1. The van der Waals surface area contributed by atoms with E-state index in [1.165, 1.54) is 6.33 Å². The van der Waals surface area contributed by atoms with Gasteiger partial charge in [-0.05, 0) is 18.2 Å². The summed E-state index contributed by atoms with van der Waals surface area (Å²) in [5, 5.41) is 11.9. The maximum absolute atomic E-state index is 8.77. The number of methoxy groups -OCH3 is 1. The number of anilines is 2. The Bertz CT molecular complexity index is 609. The highest BCUT2D eigenvalue weighted by molar-refractivity contribution is 9.10. The molecule has 1 aromatic carbocycles. The summed E-state index contributed by atoms with van der Waals surface area (Å²) in [6, 6.07) is 9.11. The molecule has 1 heterocycles. The van der Waals surface area contributed by atoms with Gasteiger partial charge in [0, 0.05) is 10.5 Å². The molecule has 6 heteroatoms. The fraction of sp³-hybridized carbons (Fsp3) is 0.0833. The lowest BCUT2D eigenvalue weighted by Crippen LogP contribution is -1.98. The first-order chi connectivity index (χ1) is 8.72. The van der Waals surface area contributed by atoms with Crippen LogP contribution in [0.1, 0.15) is 5.69 Å². The van der Waals surface area contributed by atoms with Gasteiger partial charge >= 0.3 is 0 Å². The van der Waals surface area contributed by atoms with E-state index in [-0.39, 0.29) is 0 Å². The molecule has 0 amide bonds. The van der Waals surface area contributed by atoms with Crippen LogP contribution in [0.25, 0.3) is 0 Å². The van der Waals surface area contributed by atoms with Crippen LogP contribution in [0, 0.1) is 11.3 Å². The van der Waals surface area contributed by atoms with E-state index in [1.807, 2.05) is 24.3 Å².